The Balaban J connectivity index is 2.25. The topological polar surface area (TPSA) is 18.5 Å². The lowest BCUT2D eigenvalue weighted by atomic mass is 10.0. The third-order valence-corrected chi connectivity index (χ3v) is 6.41. The first-order chi connectivity index (χ1) is 13.6. The molecule has 0 spiro atoms. The second kappa shape index (κ2) is 15.4. The Morgan fingerprint density at radius 1 is 0.929 bits per heavy atom. The van der Waals surface area contributed by atoms with Gasteiger partial charge in [0.2, 0.25) is 0 Å². The third-order valence-electron chi connectivity index (χ3n) is 6.41. The number of allylic oxidation sites excluding steroid dienone is 2. The summed E-state index contributed by atoms with van der Waals surface area (Å²) in [5.74, 6) is 2.40. The smallest absolute Gasteiger partial charge is 0.0920 e. The summed E-state index contributed by atoms with van der Waals surface area (Å²) in [6.45, 7) is 13.0. The molecule has 0 aliphatic heterocycles. The molecule has 28 heavy (non-hydrogen) atoms. The summed E-state index contributed by atoms with van der Waals surface area (Å²) in [6, 6.07) is 0. The Morgan fingerprint density at radius 3 is 2.21 bits per heavy atom. The van der Waals surface area contributed by atoms with Crippen LogP contribution >= 0.6 is 0 Å². The molecule has 0 aromatic carbocycles. The van der Waals surface area contributed by atoms with E-state index in [0.717, 1.165) is 19.6 Å². The molecule has 0 bridgehead atoms. The Bertz CT molecular complexity index is 397. The molecule has 2 nitrogen and oxygen atoms in total. The first-order valence-corrected chi connectivity index (χ1v) is 12.5. The van der Waals surface area contributed by atoms with Crippen molar-refractivity contribution in [3.05, 3.63) is 11.8 Å². The largest absolute Gasteiger partial charge is 0.498 e. The van der Waals surface area contributed by atoms with E-state index >= 15 is 0 Å². The van der Waals surface area contributed by atoms with Crippen LogP contribution in [0.25, 0.3) is 0 Å². The van der Waals surface area contributed by atoms with Crippen LogP contribution in [-0.4, -0.2) is 18.8 Å². The fourth-order valence-corrected chi connectivity index (χ4v) is 3.88. The van der Waals surface area contributed by atoms with Crippen LogP contribution in [0.5, 0.6) is 0 Å². The molecular weight excluding hydrogens is 344 g/mol. The van der Waals surface area contributed by atoms with Gasteiger partial charge in [0.05, 0.1) is 24.6 Å². The van der Waals surface area contributed by atoms with Crippen molar-refractivity contribution in [1.29, 1.82) is 0 Å². The summed E-state index contributed by atoms with van der Waals surface area (Å²) in [6.07, 6.45) is 20.3. The minimum absolute atomic E-state index is 0.240. The molecule has 0 amide bonds. The lowest BCUT2D eigenvalue weighted by Gasteiger charge is -2.23. The SMILES string of the molecule is C/C=C(/CC(CC)COC1(CCCCCCCC)CC1)OC[C@@H](C)CCCC. The van der Waals surface area contributed by atoms with E-state index in [-0.39, 0.29) is 5.60 Å². The molecule has 1 aliphatic carbocycles. The van der Waals surface area contributed by atoms with Crippen LogP contribution in [0.4, 0.5) is 0 Å². The van der Waals surface area contributed by atoms with Gasteiger partial charge in [-0.3, -0.25) is 0 Å². The molecule has 0 aromatic rings. The highest BCUT2D eigenvalue weighted by atomic mass is 16.5. The average Bonchev–Trinajstić information content (AvgIpc) is 3.48. The molecule has 0 radical (unpaired) electrons. The molecule has 166 valence electrons. The van der Waals surface area contributed by atoms with Crippen molar-refractivity contribution in [3.63, 3.8) is 0 Å². The van der Waals surface area contributed by atoms with E-state index in [1.54, 1.807) is 0 Å². The summed E-state index contributed by atoms with van der Waals surface area (Å²) in [5.41, 5.74) is 0.240. The van der Waals surface area contributed by atoms with E-state index in [2.05, 4.69) is 40.7 Å². The van der Waals surface area contributed by atoms with Gasteiger partial charge >= 0.3 is 0 Å². The van der Waals surface area contributed by atoms with Crippen molar-refractivity contribution in [2.75, 3.05) is 13.2 Å². The highest BCUT2D eigenvalue weighted by Gasteiger charge is 2.43. The lowest BCUT2D eigenvalue weighted by Crippen LogP contribution is -2.20. The summed E-state index contributed by atoms with van der Waals surface area (Å²) in [4.78, 5) is 0. The lowest BCUT2D eigenvalue weighted by molar-refractivity contribution is -0.000630. The molecule has 1 unspecified atom stereocenters. The quantitative estimate of drug-likeness (QED) is 0.162. The normalized spacial score (nSPS) is 18.1. The predicted molar refractivity (Wildman–Crippen MR) is 123 cm³/mol. The van der Waals surface area contributed by atoms with Gasteiger partial charge in [-0.1, -0.05) is 85.5 Å². The van der Waals surface area contributed by atoms with Gasteiger partial charge in [-0.2, -0.15) is 0 Å². The zero-order chi connectivity index (χ0) is 20.7. The zero-order valence-electron chi connectivity index (χ0n) is 19.9. The van der Waals surface area contributed by atoms with E-state index in [9.17, 15) is 0 Å². The van der Waals surface area contributed by atoms with Crippen molar-refractivity contribution < 1.29 is 9.47 Å². The molecular formula is C26H50O2. The van der Waals surface area contributed by atoms with E-state index in [1.165, 1.54) is 89.2 Å². The Morgan fingerprint density at radius 2 is 1.61 bits per heavy atom. The number of rotatable bonds is 19. The molecule has 1 aliphatic rings. The predicted octanol–water partition coefficient (Wildman–Crippen LogP) is 8.45. The number of hydrogen-bond acceptors (Lipinski definition) is 2. The van der Waals surface area contributed by atoms with Crippen molar-refractivity contribution >= 4 is 0 Å². The second-order valence-electron chi connectivity index (χ2n) is 9.30. The molecule has 1 fully saturated rings. The molecule has 0 saturated heterocycles. The van der Waals surface area contributed by atoms with E-state index < -0.39 is 0 Å². The van der Waals surface area contributed by atoms with Crippen molar-refractivity contribution in [2.45, 2.75) is 130 Å². The van der Waals surface area contributed by atoms with Gasteiger partial charge < -0.3 is 9.47 Å². The maximum Gasteiger partial charge on any atom is 0.0920 e. The van der Waals surface area contributed by atoms with Gasteiger partial charge in [-0.05, 0) is 50.5 Å². The average molecular weight is 395 g/mol. The molecule has 0 heterocycles. The molecule has 2 atom stereocenters. The van der Waals surface area contributed by atoms with E-state index in [4.69, 9.17) is 9.47 Å². The van der Waals surface area contributed by atoms with Crippen LogP contribution in [-0.2, 0) is 9.47 Å². The first-order valence-electron chi connectivity index (χ1n) is 12.5. The Labute approximate surface area is 176 Å². The molecule has 0 N–H and O–H groups in total. The van der Waals surface area contributed by atoms with Gasteiger partial charge in [0.1, 0.15) is 0 Å². The minimum atomic E-state index is 0.240. The monoisotopic (exact) mass is 394 g/mol. The molecule has 1 saturated carbocycles. The minimum Gasteiger partial charge on any atom is -0.498 e. The zero-order valence-corrected chi connectivity index (χ0v) is 19.9. The van der Waals surface area contributed by atoms with Crippen LogP contribution < -0.4 is 0 Å². The van der Waals surface area contributed by atoms with Crippen molar-refractivity contribution in [2.24, 2.45) is 11.8 Å². The van der Waals surface area contributed by atoms with Crippen LogP contribution in [0.3, 0.4) is 0 Å². The Hall–Kier alpha value is -0.500. The van der Waals surface area contributed by atoms with Gasteiger partial charge in [-0.15, -0.1) is 0 Å². The van der Waals surface area contributed by atoms with Crippen LogP contribution in [0.1, 0.15) is 125 Å². The fraction of sp³-hybridized carbons (Fsp3) is 0.923. The maximum atomic E-state index is 6.46. The van der Waals surface area contributed by atoms with Gasteiger partial charge in [0.15, 0.2) is 0 Å². The number of hydrogen-bond donors (Lipinski definition) is 0. The summed E-state index contributed by atoms with van der Waals surface area (Å²) >= 11 is 0. The van der Waals surface area contributed by atoms with Crippen molar-refractivity contribution in [3.8, 4) is 0 Å². The fourth-order valence-electron chi connectivity index (χ4n) is 3.88. The summed E-state index contributed by atoms with van der Waals surface area (Å²) < 4.78 is 12.6. The maximum absolute atomic E-state index is 6.46. The second-order valence-corrected chi connectivity index (χ2v) is 9.30. The summed E-state index contributed by atoms with van der Waals surface area (Å²) in [7, 11) is 0. The molecule has 0 aromatic heterocycles. The van der Waals surface area contributed by atoms with E-state index in [1.807, 2.05) is 0 Å². The van der Waals surface area contributed by atoms with Gasteiger partial charge in [0.25, 0.3) is 0 Å². The number of ether oxygens (including phenoxy) is 2. The van der Waals surface area contributed by atoms with Crippen LogP contribution in [0.2, 0.25) is 0 Å². The van der Waals surface area contributed by atoms with Crippen molar-refractivity contribution in [1.82, 2.24) is 0 Å². The first kappa shape index (κ1) is 25.5. The highest BCUT2D eigenvalue weighted by Crippen LogP contribution is 2.44. The Kier molecular flexibility index (Phi) is 14.0. The van der Waals surface area contributed by atoms with Crippen LogP contribution in [0.15, 0.2) is 11.8 Å². The standard InChI is InChI=1S/C26H50O2/c1-6-10-12-13-14-15-17-26(18-19-26)28-22-24(8-3)20-25(9-4)27-21-23(5)16-11-7-2/h9,23-24H,6-8,10-22H2,1-5H3/b25-9-/t23-,24?/m0/s1. The number of unbranched alkanes of at least 4 members (excludes halogenated alkanes) is 6. The van der Waals surface area contributed by atoms with E-state index in [0.29, 0.717) is 11.8 Å². The van der Waals surface area contributed by atoms with Crippen LogP contribution in [0, 0.1) is 11.8 Å². The molecule has 2 heteroatoms. The molecule has 1 rings (SSSR count). The van der Waals surface area contributed by atoms with Gasteiger partial charge in [0, 0.05) is 6.42 Å². The van der Waals surface area contributed by atoms with Gasteiger partial charge in [-0.25, -0.2) is 0 Å². The summed E-state index contributed by atoms with van der Waals surface area (Å²) in [5, 5.41) is 0. The highest BCUT2D eigenvalue weighted by molar-refractivity contribution is 4.97. The third kappa shape index (κ3) is 11.5.